The third-order valence-corrected chi connectivity index (χ3v) is 6.21. The number of thiophene rings is 1. The van der Waals surface area contributed by atoms with Gasteiger partial charge in [-0.05, 0) is 30.7 Å². The Bertz CT molecular complexity index is 1040. The minimum Gasteiger partial charge on any atom is -0.354 e. The second kappa shape index (κ2) is 7.99. The molecular weight excluding hydrogens is 425 g/mol. The van der Waals surface area contributed by atoms with Gasteiger partial charge in [0.2, 0.25) is 0 Å². The van der Waals surface area contributed by atoms with Gasteiger partial charge in [0.05, 0.1) is 9.58 Å². The summed E-state index contributed by atoms with van der Waals surface area (Å²) in [6.07, 6.45) is -4.50. The zero-order valence-electron chi connectivity index (χ0n) is 15.7. The molecule has 11 heteroatoms. The monoisotopic (exact) mass is 442 g/mol. The number of aromatic nitrogens is 1. The van der Waals surface area contributed by atoms with Crippen molar-refractivity contribution in [3.8, 4) is 0 Å². The van der Waals surface area contributed by atoms with Crippen molar-refractivity contribution in [1.82, 2.24) is 10.3 Å². The number of rotatable bonds is 5. The molecule has 0 spiro atoms. The number of amides is 2. The molecule has 0 atom stereocenters. The summed E-state index contributed by atoms with van der Waals surface area (Å²) in [4.78, 5) is 32.1. The number of nitrogens with zero attached hydrogens (tertiary/aromatic N) is 2. The average Bonchev–Trinajstić information content (AvgIpc) is 3.20. The first-order valence-corrected chi connectivity index (χ1v) is 10.0. The Kier molecular flexibility index (Phi) is 5.80. The molecule has 29 heavy (non-hydrogen) atoms. The Labute approximate surface area is 172 Å². The van der Waals surface area contributed by atoms with Crippen LogP contribution in [0.25, 0.3) is 9.53 Å². The first-order chi connectivity index (χ1) is 13.5. The van der Waals surface area contributed by atoms with Crippen molar-refractivity contribution in [1.29, 1.82) is 0 Å². The minimum atomic E-state index is -4.50. The zero-order chi connectivity index (χ0) is 21.3. The van der Waals surface area contributed by atoms with Gasteiger partial charge in [-0.3, -0.25) is 9.59 Å². The van der Waals surface area contributed by atoms with Gasteiger partial charge in [-0.15, -0.1) is 11.3 Å². The molecule has 0 saturated carbocycles. The van der Waals surface area contributed by atoms with E-state index in [4.69, 9.17) is 0 Å². The van der Waals surface area contributed by atoms with Gasteiger partial charge in [0, 0.05) is 25.3 Å². The van der Waals surface area contributed by atoms with E-state index in [1.807, 2.05) is 24.3 Å². The molecule has 2 N–H and O–H groups in total. The lowest BCUT2D eigenvalue weighted by atomic mass is 10.1. The van der Waals surface area contributed by atoms with Gasteiger partial charge in [0.15, 0.2) is 5.13 Å². The summed E-state index contributed by atoms with van der Waals surface area (Å²) in [7, 11) is 3.77. The third kappa shape index (κ3) is 5.04. The van der Waals surface area contributed by atoms with E-state index in [-0.39, 0.29) is 11.5 Å². The first-order valence-electron chi connectivity index (χ1n) is 8.38. The highest BCUT2D eigenvalue weighted by Crippen LogP contribution is 2.34. The molecule has 2 aromatic heterocycles. The van der Waals surface area contributed by atoms with Crippen LogP contribution < -0.4 is 15.5 Å². The molecule has 3 aromatic rings. The van der Waals surface area contributed by atoms with Crippen molar-refractivity contribution in [2.45, 2.75) is 13.1 Å². The standard InChI is InChI=1S/C18H17F3N4O2S2/c1-9-4-5-10(14(26)22-8-18(19,20)21)6-11(9)23-15(27)12-7-13-16(28-12)24-17(29-13)25(2)3/h4-7H,8H2,1-3H3,(H,22,26)(H,23,27). The Hall–Kier alpha value is -2.66. The van der Waals surface area contributed by atoms with Crippen LogP contribution in [0.5, 0.6) is 0 Å². The molecule has 6 nitrogen and oxygen atoms in total. The quantitative estimate of drug-likeness (QED) is 0.619. The smallest absolute Gasteiger partial charge is 0.354 e. The fourth-order valence-corrected chi connectivity index (χ4v) is 4.42. The fourth-order valence-electron chi connectivity index (χ4n) is 2.39. The number of halogens is 3. The van der Waals surface area contributed by atoms with E-state index in [2.05, 4.69) is 10.3 Å². The molecule has 154 valence electrons. The number of carbonyl (C=O) groups is 2. The Balaban J connectivity index is 1.76. The normalized spacial score (nSPS) is 11.5. The number of carbonyl (C=O) groups excluding carboxylic acids is 2. The molecule has 2 amide bonds. The van der Waals surface area contributed by atoms with E-state index >= 15 is 0 Å². The zero-order valence-corrected chi connectivity index (χ0v) is 17.3. The third-order valence-electron chi connectivity index (χ3n) is 3.88. The Morgan fingerprint density at radius 2 is 1.86 bits per heavy atom. The summed E-state index contributed by atoms with van der Waals surface area (Å²) in [5.41, 5.74) is 1.06. The summed E-state index contributed by atoms with van der Waals surface area (Å²) < 4.78 is 37.8. The van der Waals surface area contributed by atoms with Crippen molar-refractivity contribution in [2.75, 3.05) is 30.9 Å². The molecule has 0 aliphatic rings. The molecule has 0 unspecified atom stereocenters. The highest BCUT2D eigenvalue weighted by atomic mass is 32.1. The van der Waals surface area contributed by atoms with Gasteiger partial charge in [0.25, 0.3) is 11.8 Å². The van der Waals surface area contributed by atoms with Gasteiger partial charge in [-0.2, -0.15) is 13.2 Å². The van der Waals surface area contributed by atoms with E-state index in [9.17, 15) is 22.8 Å². The number of hydrogen-bond acceptors (Lipinski definition) is 6. The van der Waals surface area contributed by atoms with Crippen molar-refractivity contribution in [2.24, 2.45) is 0 Å². The topological polar surface area (TPSA) is 74.3 Å². The van der Waals surface area contributed by atoms with Crippen LogP contribution in [0.2, 0.25) is 0 Å². The molecule has 0 saturated heterocycles. The largest absolute Gasteiger partial charge is 0.405 e. The molecule has 0 fully saturated rings. The van der Waals surface area contributed by atoms with E-state index in [1.165, 1.54) is 34.8 Å². The van der Waals surface area contributed by atoms with Crippen LogP contribution >= 0.6 is 22.7 Å². The number of hydrogen-bond donors (Lipinski definition) is 2. The van der Waals surface area contributed by atoms with Gasteiger partial charge >= 0.3 is 6.18 Å². The summed E-state index contributed by atoms with van der Waals surface area (Å²) >= 11 is 2.71. The fraction of sp³-hybridized carbons (Fsp3) is 0.278. The van der Waals surface area contributed by atoms with Gasteiger partial charge in [-0.1, -0.05) is 17.4 Å². The van der Waals surface area contributed by atoms with Gasteiger partial charge < -0.3 is 15.5 Å². The van der Waals surface area contributed by atoms with Crippen LogP contribution in [0.3, 0.4) is 0 Å². The highest BCUT2D eigenvalue weighted by Gasteiger charge is 2.28. The molecule has 1 aromatic carbocycles. The van der Waals surface area contributed by atoms with Gasteiger partial charge in [0.1, 0.15) is 11.4 Å². The van der Waals surface area contributed by atoms with Crippen LogP contribution in [0.1, 0.15) is 25.6 Å². The molecular formula is C18H17F3N4O2S2. The second-order valence-electron chi connectivity index (χ2n) is 6.45. The minimum absolute atomic E-state index is 0.0274. The predicted molar refractivity (Wildman–Crippen MR) is 109 cm³/mol. The lowest BCUT2D eigenvalue weighted by Crippen LogP contribution is -2.33. The number of thiazole rings is 1. The lowest BCUT2D eigenvalue weighted by Gasteiger charge is -2.11. The number of benzene rings is 1. The maximum Gasteiger partial charge on any atom is 0.405 e. The molecule has 2 heterocycles. The van der Waals surface area contributed by atoms with Crippen LogP contribution in [-0.2, 0) is 0 Å². The number of anilines is 2. The van der Waals surface area contributed by atoms with Gasteiger partial charge in [-0.25, -0.2) is 4.98 Å². The number of alkyl halides is 3. The Morgan fingerprint density at radius 3 is 2.48 bits per heavy atom. The Morgan fingerprint density at radius 1 is 1.14 bits per heavy atom. The SMILES string of the molecule is Cc1ccc(C(=O)NCC(F)(F)F)cc1NC(=O)c1cc2sc(N(C)C)nc2s1. The summed E-state index contributed by atoms with van der Waals surface area (Å²) in [5, 5.41) is 5.37. The van der Waals surface area contributed by atoms with Crippen LogP contribution in [0.15, 0.2) is 24.3 Å². The van der Waals surface area contributed by atoms with Crippen molar-refractivity contribution in [3.63, 3.8) is 0 Å². The number of fused-ring (bicyclic) bond motifs is 1. The summed E-state index contributed by atoms with van der Waals surface area (Å²) in [5.74, 6) is -1.24. The maximum absolute atomic E-state index is 12.6. The number of aryl methyl sites for hydroxylation is 1. The molecule has 0 bridgehead atoms. The molecule has 0 radical (unpaired) electrons. The van der Waals surface area contributed by atoms with E-state index in [1.54, 1.807) is 19.1 Å². The molecule has 0 aliphatic carbocycles. The van der Waals surface area contributed by atoms with E-state index in [0.717, 1.165) is 14.7 Å². The van der Waals surface area contributed by atoms with Crippen LogP contribution in [0.4, 0.5) is 24.0 Å². The highest BCUT2D eigenvalue weighted by molar-refractivity contribution is 7.29. The summed E-state index contributed by atoms with van der Waals surface area (Å²) in [6.45, 7) is 0.306. The average molecular weight is 442 g/mol. The molecule has 3 rings (SSSR count). The predicted octanol–water partition coefficient (Wildman–Crippen LogP) is 4.28. The maximum atomic E-state index is 12.6. The van der Waals surface area contributed by atoms with Crippen LogP contribution in [0, 0.1) is 6.92 Å². The van der Waals surface area contributed by atoms with Crippen molar-refractivity contribution < 1.29 is 22.8 Å². The molecule has 0 aliphatic heterocycles. The lowest BCUT2D eigenvalue weighted by molar-refractivity contribution is -0.123. The summed E-state index contributed by atoms with van der Waals surface area (Å²) in [6, 6.07) is 6.08. The van der Waals surface area contributed by atoms with Crippen LogP contribution in [-0.4, -0.2) is 43.6 Å². The van der Waals surface area contributed by atoms with E-state index in [0.29, 0.717) is 16.1 Å². The second-order valence-corrected chi connectivity index (χ2v) is 8.49. The van der Waals surface area contributed by atoms with Crippen molar-refractivity contribution in [3.05, 3.63) is 40.3 Å². The van der Waals surface area contributed by atoms with Crippen molar-refractivity contribution >= 4 is 54.8 Å². The first kappa shape index (κ1) is 21.1. The number of nitrogens with one attached hydrogen (secondary N) is 2. The van der Waals surface area contributed by atoms with E-state index < -0.39 is 18.6 Å².